The number of hydrogen-bond donors (Lipinski definition) is 0. The van der Waals surface area contributed by atoms with Gasteiger partial charge in [0, 0.05) is 29.4 Å². The fraction of sp³-hybridized carbons (Fsp3) is 0.538. The maximum atomic E-state index is 5.89. The van der Waals surface area contributed by atoms with Gasteiger partial charge in [-0.1, -0.05) is 46.9 Å². The molecule has 102 valence electrons. The Kier molecular flexibility index (Phi) is 7.39. The predicted molar refractivity (Wildman–Crippen MR) is 84.4 cm³/mol. The number of hydrogen-bond acceptors (Lipinski definition) is 3. The van der Waals surface area contributed by atoms with Crippen molar-refractivity contribution >= 4 is 36.6 Å². The van der Waals surface area contributed by atoms with Crippen molar-refractivity contribution in [1.29, 1.82) is 0 Å². The summed E-state index contributed by atoms with van der Waals surface area (Å²) in [4.78, 5) is 0. The van der Waals surface area contributed by atoms with Crippen molar-refractivity contribution in [2.24, 2.45) is 0 Å². The predicted octanol–water partition coefficient (Wildman–Crippen LogP) is 2.88. The summed E-state index contributed by atoms with van der Waals surface area (Å²) in [6.45, 7) is 7.72. The van der Waals surface area contributed by atoms with Crippen LogP contribution in [0.2, 0.25) is 0 Å². The van der Waals surface area contributed by atoms with Crippen LogP contribution in [0.15, 0.2) is 24.3 Å². The molecule has 0 aromatic heterocycles. The Morgan fingerprint density at radius 1 is 1.00 bits per heavy atom. The number of alkyl halides is 1. The molecular weight excluding hydrogens is 359 g/mol. The minimum Gasteiger partial charge on any atom is -0.370 e. The van der Waals surface area contributed by atoms with Gasteiger partial charge in [0.1, 0.15) is 0 Å². The van der Waals surface area contributed by atoms with Crippen molar-refractivity contribution < 1.29 is 13.3 Å². The monoisotopic (exact) mass is 380 g/mol. The molecule has 0 heterocycles. The first-order valence-corrected chi connectivity index (χ1v) is 9.54. The molecule has 1 rings (SSSR count). The summed E-state index contributed by atoms with van der Waals surface area (Å²) in [5, 5.41) is 1.06. The third-order valence-corrected chi connectivity index (χ3v) is 6.34. The zero-order valence-corrected chi connectivity index (χ0v) is 14.4. The molecule has 0 atom stereocenters. The van der Waals surface area contributed by atoms with Gasteiger partial charge in [0.25, 0.3) is 0 Å². The SMILES string of the molecule is CCO[Si](OCC)(OCC)c1cccc(CI)c1. The fourth-order valence-electron chi connectivity index (χ4n) is 1.79. The van der Waals surface area contributed by atoms with E-state index in [1.807, 2.05) is 32.9 Å². The topological polar surface area (TPSA) is 27.7 Å². The number of benzene rings is 1. The van der Waals surface area contributed by atoms with Crippen molar-refractivity contribution in [1.82, 2.24) is 0 Å². The lowest BCUT2D eigenvalue weighted by molar-refractivity contribution is 0.0859. The molecule has 18 heavy (non-hydrogen) atoms. The Bertz CT molecular complexity index is 343. The number of rotatable bonds is 8. The van der Waals surface area contributed by atoms with Gasteiger partial charge in [0.2, 0.25) is 0 Å². The van der Waals surface area contributed by atoms with E-state index in [-0.39, 0.29) is 0 Å². The molecule has 0 aliphatic rings. The standard InChI is InChI=1S/C13H21IO3Si/c1-4-15-18(16-5-2,17-6-3)13-9-7-8-12(10-13)11-14/h7-10H,4-6,11H2,1-3H3. The van der Waals surface area contributed by atoms with E-state index in [1.54, 1.807) is 0 Å². The van der Waals surface area contributed by atoms with E-state index in [0.717, 1.165) is 9.61 Å². The van der Waals surface area contributed by atoms with Gasteiger partial charge in [-0.3, -0.25) is 0 Å². The molecule has 1 aromatic rings. The second kappa shape index (κ2) is 8.26. The molecule has 0 saturated heterocycles. The van der Waals surface area contributed by atoms with E-state index in [0.29, 0.717) is 19.8 Å². The molecule has 0 saturated carbocycles. The highest BCUT2D eigenvalue weighted by molar-refractivity contribution is 14.1. The van der Waals surface area contributed by atoms with Crippen LogP contribution in [-0.4, -0.2) is 28.6 Å². The Balaban J connectivity index is 3.12. The lowest BCUT2D eigenvalue weighted by Crippen LogP contribution is -2.57. The van der Waals surface area contributed by atoms with Crippen LogP contribution in [0.5, 0.6) is 0 Å². The third kappa shape index (κ3) is 4.02. The summed E-state index contributed by atoms with van der Waals surface area (Å²) in [6, 6.07) is 8.34. The molecule has 1 aromatic carbocycles. The van der Waals surface area contributed by atoms with Gasteiger partial charge >= 0.3 is 8.80 Å². The summed E-state index contributed by atoms with van der Waals surface area (Å²) >= 11 is 2.36. The van der Waals surface area contributed by atoms with E-state index >= 15 is 0 Å². The Morgan fingerprint density at radius 2 is 1.56 bits per heavy atom. The van der Waals surface area contributed by atoms with Crippen LogP contribution >= 0.6 is 22.6 Å². The van der Waals surface area contributed by atoms with Crippen LogP contribution < -0.4 is 5.19 Å². The van der Waals surface area contributed by atoms with Crippen LogP contribution in [0, 0.1) is 0 Å². The maximum absolute atomic E-state index is 5.89. The van der Waals surface area contributed by atoms with Crippen molar-refractivity contribution in [3.63, 3.8) is 0 Å². The van der Waals surface area contributed by atoms with Gasteiger partial charge in [-0.2, -0.15) is 0 Å². The molecule has 0 radical (unpaired) electrons. The van der Waals surface area contributed by atoms with Crippen LogP contribution in [-0.2, 0) is 17.7 Å². The smallest absolute Gasteiger partial charge is 0.370 e. The third-order valence-electron chi connectivity index (χ3n) is 2.44. The summed E-state index contributed by atoms with van der Waals surface area (Å²) in [5.74, 6) is 0. The van der Waals surface area contributed by atoms with Gasteiger partial charge in [-0.05, 0) is 26.3 Å². The molecule has 0 bridgehead atoms. The van der Waals surface area contributed by atoms with Gasteiger partial charge in [0.15, 0.2) is 0 Å². The van der Waals surface area contributed by atoms with Gasteiger partial charge in [0.05, 0.1) is 0 Å². The van der Waals surface area contributed by atoms with Crippen molar-refractivity contribution in [3.05, 3.63) is 29.8 Å². The lowest BCUT2D eigenvalue weighted by Gasteiger charge is -2.28. The summed E-state index contributed by atoms with van der Waals surface area (Å²) in [7, 11) is -2.72. The highest BCUT2D eigenvalue weighted by Gasteiger charge is 2.43. The second-order valence-electron chi connectivity index (χ2n) is 3.69. The Morgan fingerprint density at radius 3 is 2.00 bits per heavy atom. The van der Waals surface area contributed by atoms with Crippen LogP contribution in [0.3, 0.4) is 0 Å². The van der Waals surface area contributed by atoms with Crippen LogP contribution in [0.25, 0.3) is 0 Å². The molecule has 0 amide bonds. The molecule has 0 aliphatic heterocycles. The molecule has 5 heteroatoms. The largest absolute Gasteiger partial charge is 0.537 e. The Labute approximate surface area is 124 Å². The highest BCUT2D eigenvalue weighted by atomic mass is 127. The molecule has 0 fully saturated rings. The zero-order valence-electron chi connectivity index (χ0n) is 11.2. The van der Waals surface area contributed by atoms with E-state index in [4.69, 9.17) is 13.3 Å². The maximum Gasteiger partial charge on any atom is 0.537 e. The first-order valence-electron chi connectivity index (χ1n) is 6.29. The average molecular weight is 380 g/mol. The van der Waals surface area contributed by atoms with Gasteiger partial charge in [-0.25, -0.2) is 0 Å². The minimum atomic E-state index is -2.72. The van der Waals surface area contributed by atoms with Gasteiger partial charge in [-0.15, -0.1) is 0 Å². The molecule has 3 nitrogen and oxygen atoms in total. The Hall–Kier alpha value is 0.0469. The highest BCUT2D eigenvalue weighted by Crippen LogP contribution is 2.13. The van der Waals surface area contributed by atoms with Crippen molar-refractivity contribution in [2.75, 3.05) is 19.8 Å². The van der Waals surface area contributed by atoms with Crippen LogP contribution in [0.4, 0.5) is 0 Å². The first-order chi connectivity index (χ1) is 8.72. The molecule has 0 spiro atoms. The summed E-state index contributed by atoms with van der Waals surface area (Å²) < 4.78 is 18.6. The van der Waals surface area contributed by atoms with Crippen molar-refractivity contribution in [3.8, 4) is 0 Å². The van der Waals surface area contributed by atoms with E-state index in [1.165, 1.54) is 5.56 Å². The second-order valence-corrected chi connectivity index (χ2v) is 7.01. The van der Waals surface area contributed by atoms with E-state index in [9.17, 15) is 0 Å². The molecule has 0 aliphatic carbocycles. The lowest BCUT2D eigenvalue weighted by atomic mass is 10.2. The van der Waals surface area contributed by atoms with E-state index in [2.05, 4.69) is 34.7 Å². The summed E-state index contributed by atoms with van der Waals surface area (Å²) in [5.41, 5.74) is 1.27. The number of halogens is 1. The fourth-order valence-corrected chi connectivity index (χ4v) is 4.82. The minimum absolute atomic E-state index is 0.598. The first kappa shape index (κ1) is 16.1. The van der Waals surface area contributed by atoms with Crippen LogP contribution in [0.1, 0.15) is 26.3 Å². The summed E-state index contributed by atoms with van der Waals surface area (Å²) in [6.07, 6.45) is 0. The molecular formula is C13H21IO3Si. The quantitative estimate of drug-likeness (QED) is 0.394. The van der Waals surface area contributed by atoms with Gasteiger partial charge < -0.3 is 13.3 Å². The normalized spacial score (nSPS) is 11.8. The molecule has 0 N–H and O–H groups in total. The van der Waals surface area contributed by atoms with Crippen molar-refractivity contribution in [2.45, 2.75) is 25.2 Å². The zero-order chi connectivity index (χ0) is 13.4. The average Bonchev–Trinajstić information content (AvgIpc) is 2.39. The van der Waals surface area contributed by atoms with E-state index < -0.39 is 8.80 Å². The molecule has 0 unspecified atom stereocenters.